The largest absolute Gasteiger partial charge is 0.493 e. The summed E-state index contributed by atoms with van der Waals surface area (Å²) in [6, 6.07) is 21.1. The summed E-state index contributed by atoms with van der Waals surface area (Å²) in [6.45, 7) is 2.82. The van der Waals surface area contributed by atoms with E-state index in [0.717, 1.165) is 69.3 Å². The maximum atomic E-state index is 10.9. The van der Waals surface area contributed by atoms with E-state index in [-0.39, 0.29) is 6.42 Å². The van der Waals surface area contributed by atoms with E-state index in [1.54, 1.807) is 0 Å². The third-order valence-corrected chi connectivity index (χ3v) is 6.31. The second-order valence-electron chi connectivity index (χ2n) is 9.34. The van der Waals surface area contributed by atoms with E-state index in [2.05, 4.69) is 60.5 Å². The molecule has 0 radical (unpaired) electrons. The number of ether oxygens (including phenoxy) is 1. The lowest BCUT2D eigenvalue weighted by atomic mass is 9.92. The summed E-state index contributed by atoms with van der Waals surface area (Å²) in [4.78, 5) is 14.1. The van der Waals surface area contributed by atoms with Gasteiger partial charge in [-0.3, -0.25) is 4.79 Å². The molecular weight excluding hydrogens is 434 g/mol. The molecule has 0 bridgehead atoms. The second kappa shape index (κ2) is 14.9. The number of hydrogen-bond acceptors (Lipinski definition) is 2. The van der Waals surface area contributed by atoms with Crippen molar-refractivity contribution >= 4 is 12.0 Å². The zero-order valence-electron chi connectivity index (χ0n) is 20.9. The Labute approximate surface area is 210 Å². The number of benzene rings is 2. The van der Waals surface area contributed by atoms with Crippen molar-refractivity contribution < 1.29 is 14.6 Å². The third-order valence-electron chi connectivity index (χ3n) is 6.31. The molecule has 1 unspecified atom stereocenters. The molecule has 3 rings (SSSR count). The smallest absolute Gasteiger partial charge is 0.303 e. The molecule has 0 aliphatic carbocycles. The van der Waals surface area contributed by atoms with Crippen molar-refractivity contribution in [2.75, 3.05) is 6.61 Å². The van der Waals surface area contributed by atoms with E-state index < -0.39 is 5.97 Å². The van der Waals surface area contributed by atoms with Gasteiger partial charge in [-0.15, -0.1) is 0 Å². The van der Waals surface area contributed by atoms with Gasteiger partial charge in [0, 0.05) is 23.9 Å². The summed E-state index contributed by atoms with van der Waals surface area (Å²) >= 11 is 0. The van der Waals surface area contributed by atoms with E-state index in [1.807, 2.05) is 30.5 Å². The Morgan fingerprint density at radius 2 is 1.80 bits per heavy atom. The van der Waals surface area contributed by atoms with Crippen LogP contribution in [0.25, 0.3) is 6.08 Å². The molecule has 186 valence electrons. The van der Waals surface area contributed by atoms with Gasteiger partial charge in [-0.05, 0) is 81.5 Å². The molecule has 1 aromatic heterocycles. The summed E-state index contributed by atoms with van der Waals surface area (Å²) in [5, 5.41) is 8.95. The Morgan fingerprint density at radius 1 is 0.971 bits per heavy atom. The number of aromatic nitrogens is 1. The van der Waals surface area contributed by atoms with Crippen LogP contribution in [0.2, 0.25) is 0 Å². The zero-order chi connectivity index (χ0) is 24.7. The van der Waals surface area contributed by atoms with Crippen LogP contribution in [-0.2, 0) is 17.6 Å². The number of carboxylic acids is 1. The minimum Gasteiger partial charge on any atom is -0.493 e. The van der Waals surface area contributed by atoms with E-state index in [1.165, 1.54) is 16.8 Å². The van der Waals surface area contributed by atoms with Gasteiger partial charge in [0.05, 0.1) is 6.61 Å². The topological polar surface area (TPSA) is 62.3 Å². The van der Waals surface area contributed by atoms with Gasteiger partial charge < -0.3 is 14.8 Å². The maximum absolute atomic E-state index is 10.9. The number of hydrogen-bond donors (Lipinski definition) is 2. The van der Waals surface area contributed by atoms with Crippen LogP contribution in [0.3, 0.4) is 0 Å². The lowest BCUT2D eigenvalue weighted by Crippen LogP contribution is -2.03. The maximum Gasteiger partial charge on any atom is 0.303 e. The van der Waals surface area contributed by atoms with Gasteiger partial charge in [0.15, 0.2) is 0 Å². The molecule has 0 fully saturated rings. The molecule has 2 N–H and O–H groups in total. The number of H-pyrrole nitrogens is 1. The molecule has 0 saturated heterocycles. The fourth-order valence-electron chi connectivity index (χ4n) is 4.26. The third kappa shape index (κ3) is 10.3. The van der Waals surface area contributed by atoms with Crippen LogP contribution in [0.4, 0.5) is 0 Å². The summed E-state index contributed by atoms with van der Waals surface area (Å²) in [5.74, 6) is 0.562. The molecular formula is C31H39NO3. The average Bonchev–Trinajstić information content (AvgIpc) is 3.37. The van der Waals surface area contributed by atoms with E-state index in [9.17, 15) is 4.79 Å². The van der Waals surface area contributed by atoms with E-state index in [0.29, 0.717) is 5.92 Å². The summed E-state index contributed by atoms with van der Waals surface area (Å²) in [5.41, 5.74) is 4.97. The lowest BCUT2D eigenvalue weighted by molar-refractivity contribution is -0.137. The molecule has 1 atom stereocenters. The van der Waals surface area contributed by atoms with E-state index >= 15 is 0 Å². The number of aryl methyl sites for hydroxylation is 2. The molecule has 0 aliphatic rings. The Kier molecular flexibility index (Phi) is 11.2. The first-order valence-electron chi connectivity index (χ1n) is 12.9. The fraction of sp³-hybridized carbons (Fsp3) is 0.387. The first kappa shape index (κ1) is 26.3. The van der Waals surface area contributed by atoms with Crippen LogP contribution >= 0.6 is 0 Å². The van der Waals surface area contributed by atoms with Crippen molar-refractivity contribution in [3.63, 3.8) is 0 Å². The van der Waals surface area contributed by atoms with Crippen LogP contribution < -0.4 is 4.74 Å². The molecule has 35 heavy (non-hydrogen) atoms. The van der Waals surface area contributed by atoms with Gasteiger partial charge in [0.2, 0.25) is 0 Å². The first-order valence-corrected chi connectivity index (χ1v) is 12.9. The van der Waals surface area contributed by atoms with Crippen LogP contribution in [0.1, 0.15) is 67.3 Å². The number of aromatic amines is 1. The predicted molar refractivity (Wildman–Crippen MR) is 144 cm³/mol. The highest BCUT2D eigenvalue weighted by molar-refractivity contribution is 5.66. The predicted octanol–water partition coefficient (Wildman–Crippen LogP) is 7.63. The number of nitrogens with one attached hydrogen (secondary N) is 1. The Hall–Kier alpha value is -3.27. The molecule has 1 heterocycles. The SMILES string of the molecule is Cc1ccc(CC(/C=C/c2ccccc2OCCCCCc2ccc[nH]2)CCCCC(=O)O)cc1. The van der Waals surface area contributed by atoms with Gasteiger partial charge in [-0.2, -0.15) is 0 Å². The summed E-state index contributed by atoms with van der Waals surface area (Å²) in [7, 11) is 0. The summed E-state index contributed by atoms with van der Waals surface area (Å²) < 4.78 is 6.14. The quantitative estimate of drug-likeness (QED) is 0.210. The highest BCUT2D eigenvalue weighted by atomic mass is 16.5. The first-order chi connectivity index (χ1) is 17.1. The van der Waals surface area contributed by atoms with Gasteiger partial charge in [0.25, 0.3) is 0 Å². The molecule has 0 amide bonds. The summed E-state index contributed by atoms with van der Waals surface area (Å²) in [6.07, 6.45) is 14.7. The monoisotopic (exact) mass is 473 g/mol. The van der Waals surface area contributed by atoms with Crippen molar-refractivity contribution in [3.8, 4) is 5.75 Å². The van der Waals surface area contributed by atoms with Gasteiger partial charge >= 0.3 is 5.97 Å². The van der Waals surface area contributed by atoms with Crippen LogP contribution in [0.15, 0.2) is 72.9 Å². The highest BCUT2D eigenvalue weighted by Gasteiger charge is 2.09. The van der Waals surface area contributed by atoms with Crippen molar-refractivity contribution in [1.29, 1.82) is 0 Å². The van der Waals surface area contributed by atoms with Crippen LogP contribution in [0, 0.1) is 12.8 Å². The number of para-hydroxylation sites is 1. The van der Waals surface area contributed by atoms with Crippen LogP contribution in [-0.4, -0.2) is 22.7 Å². The Bertz CT molecular complexity index is 1020. The minimum atomic E-state index is -0.717. The molecule has 0 spiro atoms. The number of allylic oxidation sites excluding steroid dienone is 1. The normalized spacial score (nSPS) is 12.1. The van der Waals surface area contributed by atoms with Crippen molar-refractivity contribution in [1.82, 2.24) is 4.98 Å². The van der Waals surface area contributed by atoms with Gasteiger partial charge in [-0.1, -0.05) is 66.6 Å². The van der Waals surface area contributed by atoms with E-state index in [4.69, 9.17) is 9.84 Å². The number of unbranched alkanes of at least 4 members (excludes halogenated alkanes) is 3. The second-order valence-corrected chi connectivity index (χ2v) is 9.34. The Balaban J connectivity index is 1.53. The molecule has 2 aromatic carbocycles. The number of carbonyl (C=O) groups is 1. The minimum absolute atomic E-state index is 0.239. The average molecular weight is 474 g/mol. The fourth-order valence-corrected chi connectivity index (χ4v) is 4.26. The molecule has 4 nitrogen and oxygen atoms in total. The number of aliphatic carboxylic acids is 1. The van der Waals surface area contributed by atoms with Crippen molar-refractivity contribution in [2.45, 2.75) is 64.7 Å². The van der Waals surface area contributed by atoms with Gasteiger partial charge in [0.1, 0.15) is 5.75 Å². The highest BCUT2D eigenvalue weighted by Crippen LogP contribution is 2.24. The lowest BCUT2D eigenvalue weighted by Gasteiger charge is -2.14. The van der Waals surface area contributed by atoms with Crippen molar-refractivity contribution in [2.24, 2.45) is 5.92 Å². The zero-order valence-corrected chi connectivity index (χ0v) is 20.9. The molecule has 3 aromatic rings. The van der Waals surface area contributed by atoms with Gasteiger partial charge in [-0.25, -0.2) is 0 Å². The standard InChI is InChI=1S/C31H39NO3/c1-25-16-18-27(19-17-25)24-26(10-4-7-15-31(33)34)20-21-28-11-5-6-14-30(28)35-23-8-2-3-12-29-13-9-22-32-29/h5-6,9,11,13-14,16-22,26,32H,2-4,7-8,10,12,15,23-24H2,1H3,(H,33,34)/b21-20+. The molecule has 0 saturated carbocycles. The number of carboxylic acid groups (broad SMARTS) is 1. The Morgan fingerprint density at radius 3 is 2.57 bits per heavy atom. The van der Waals surface area contributed by atoms with Crippen LogP contribution in [0.5, 0.6) is 5.75 Å². The number of rotatable bonds is 16. The molecule has 0 aliphatic heterocycles. The molecule has 4 heteroatoms. The van der Waals surface area contributed by atoms with Crippen molar-refractivity contribution in [3.05, 3.63) is 95.3 Å².